The number of nitrogens with one attached hydrogen (secondary N) is 1. The second kappa shape index (κ2) is 7.85. The van der Waals surface area contributed by atoms with E-state index in [1.165, 1.54) is 6.92 Å². The van der Waals surface area contributed by atoms with Crippen LogP contribution in [-0.4, -0.2) is 30.7 Å². The summed E-state index contributed by atoms with van der Waals surface area (Å²) in [5.41, 5.74) is 0.259. The number of para-hydroxylation sites is 3. The van der Waals surface area contributed by atoms with Gasteiger partial charge >= 0.3 is 5.97 Å². The number of ether oxygens (including phenoxy) is 3. The first kappa shape index (κ1) is 18.4. The van der Waals surface area contributed by atoms with Crippen molar-refractivity contribution < 1.29 is 23.8 Å². The smallest absolute Gasteiger partial charge is 0.351 e. The summed E-state index contributed by atoms with van der Waals surface area (Å²) < 4.78 is 16.2. The summed E-state index contributed by atoms with van der Waals surface area (Å²) in [6.45, 7) is 1.44. The van der Waals surface area contributed by atoms with E-state index in [4.69, 9.17) is 37.4 Å². The Labute approximate surface area is 159 Å². The molecule has 0 aromatic heterocycles. The molecule has 1 heterocycles. The maximum atomic E-state index is 12.3. The Balaban J connectivity index is 1.60. The largest absolute Gasteiger partial charge is 0.485 e. The highest BCUT2D eigenvalue weighted by molar-refractivity contribution is 6.39. The third kappa shape index (κ3) is 4.03. The quantitative estimate of drug-likeness (QED) is 0.798. The predicted octanol–water partition coefficient (Wildman–Crippen LogP) is 3.70. The molecule has 6 nitrogen and oxygen atoms in total. The number of halogens is 2. The third-order valence-electron chi connectivity index (χ3n) is 3.64. The van der Waals surface area contributed by atoms with Crippen molar-refractivity contribution in [1.29, 1.82) is 0 Å². The van der Waals surface area contributed by atoms with Crippen molar-refractivity contribution >= 4 is 40.8 Å². The SMILES string of the molecule is C[C@H](OC(=O)[C@@H]1COc2ccccc2O1)C(=O)Nc1c(Cl)cccc1Cl. The van der Waals surface area contributed by atoms with Crippen molar-refractivity contribution in [3.8, 4) is 11.5 Å². The van der Waals surface area contributed by atoms with E-state index >= 15 is 0 Å². The second-order valence-electron chi connectivity index (χ2n) is 5.53. The zero-order valence-corrected chi connectivity index (χ0v) is 15.2. The Morgan fingerprint density at radius 3 is 2.46 bits per heavy atom. The Morgan fingerprint density at radius 2 is 1.77 bits per heavy atom. The van der Waals surface area contributed by atoms with Crippen molar-refractivity contribution in [2.24, 2.45) is 0 Å². The first-order valence-electron chi connectivity index (χ1n) is 7.79. The van der Waals surface area contributed by atoms with Crippen LogP contribution in [0.2, 0.25) is 10.0 Å². The molecule has 3 rings (SSSR count). The van der Waals surface area contributed by atoms with Gasteiger partial charge in [0.05, 0.1) is 15.7 Å². The topological polar surface area (TPSA) is 73.9 Å². The summed E-state index contributed by atoms with van der Waals surface area (Å²) in [5.74, 6) is -0.269. The summed E-state index contributed by atoms with van der Waals surface area (Å²) in [6, 6.07) is 11.8. The van der Waals surface area contributed by atoms with Crippen LogP contribution in [0.5, 0.6) is 11.5 Å². The lowest BCUT2D eigenvalue weighted by Crippen LogP contribution is -2.41. The van der Waals surface area contributed by atoms with Crippen LogP contribution in [0.4, 0.5) is 5.69 Å². The average Bonchev–Trinajstić information content (AvgIpc) is 2.64. The van der Waals surface area contributed by atoms with Crippen molar-refractivity contribution in [2.45, 2.75) is 19.1 Å². The Kier molecular flexibility index (Phi) is 5.54. The van der Waals surface area contributed by atoms with Gasteiger partial charge in [0.1, 0.15) is 6.61 Å². The van der Waals surface area contributed by atoms with E-state index in [9.17, 15) is 9.59 Å². The fraction of sp³-hybridized carbons (Fsp3) is 0.222. The van der Waals surface area contributed by atoms with Gasteiger partial charge in [-0.05, 0) is 31.2 Å². The van der Waals surface area contributed by atoms with Crippen molar-refractivity contribution in [1.82, 2.24) is 0 Å². The molecule has 0 unspecified atom stereocenters. The number of hydrogen-bond acceptors (Lipinski definition) is 5. The van der Waals surface area contributed by atoms with Crippen molar-refractivity contribution in [3.05, 3.63) is 52.5 Å². The molecule has 0 fully saturated rings. The maximum absolute atomic E-state index is 12.3. The standard InChI is InChI=1S/C18H15Cl2NO5/c1-10(17(22)21-16-11(19)5-4-6-12(16)20)25-18(23)15-9-24-13-7-2-3-8-14(13)26-15/h2-8,10,15H,9H2,1H3,(H,21,22)/t10-,15-/m0/s1. The van der Waals surface area contributed by atoms with E-state index in [-0.39, 0.29) is 22.3 Å². The van der Waals surface area contributed by atoms with E-state index in [1.807, 2.05) is 0 Å². The molecule has 0 bridgehead atoms. The lowest BCUT2D eigenvalue weighted by atomic mass is 10.2. The van der Waals surface area contributed by atoms with E-state index in [0.29, 0.717) is 11.5 Å². The summed E-state index contributed by atoms with van der Waals surface area (Å²) >= 11 is 12.0. The molecule has 136 valence electrons. The van der Waals surface area contributed by atoms with E-state index < -0.39 is 24.1 Å². The van der Waals surface area contributed by atoms with Gasteiger partial charge in [-0.25, -0.2) is 4.79 Å². The van der Waals surface area contributed by atoms with Gasteiger partial charge in [-0.2, -0.15) is 0 Å². The van der Waals surface area contributed by atoms with Crippen LogP contribution >= 0.6 is 23.2 Å². The number of rotatable bonds is 4. The summed E-state index contributed by atoms with van der Waals surface area (Å²) in [4.78, 5) is 24.5. The number of hydrogen-bond donors (Lipinski definition) is 1. The molecule has 1 aliphatic rings. The minimum atomic E-state index is -1.07. The molecular weight excluding hydrogens is 381 g/mol. The van der Waals surface area contributed by atoms with Crippen LogP contribution in [0.1, 0.15) is 6.92 Å². The summed E-state index contributed by atoms with van der Waals surface area (Å²) in [6.07, 6.45) is -2.03. The Bertz CT molecular complexity index is 822. The number of esters is 1. The monoisotopic (exact) mass is 395 g/mol. The lowest BCUT2D eigenvalue weighted by Gasteiger charge is -2.26. The van der Waals surface area contributed by atoms with E-state index in [2.05, 4.69) is 5.32 Å². The number of benzene rings is 2. The highest BCUT2D eigenvalue weighted by atomic mass is 35.5. The van der Waals surface area contributed by atoms with Crippen LogP contribution in [0.25, 0.3) is 0 Å². The van der Waals surface area contributed by atoms with Crippen molar-refractivity contribution in [2.75, 3.05) is 11.9 Å². The molecular formula is C18H15Cl2NO5. The summed E-state index contributed by atoms with van der Waals surface area (Å²) in [5, 5.41) is 3.11. The molecule has 0 saturated carbocycles. The third-order valence-corrected chi connectivity index (χ3v) is 4.27. The molecule has 2 atom stereocenters. The van der Waals surface area contributed by atoms with Gasteiger partial charge < -0.3 is 19.5 Å². The van der Waals surface area contributed by atoms with E-state index in [1.54, 1.807) is 42.5 Å². The van der Waals surface area contributed by atoms with Crippen LogP contribution in [0, 0.1) is 0 Å². The molecule has 0 spiro atoms. The van der Waals surface area contributed by atoms with Gasteiger partial charge in [0.15, 0.2) is 17.6 Å². The fourth-order valence-corrected chi connectivity index (χ4v) is 2.77. The number of carbonyl (C=O) groups is 2. The molecule has 0 saturated heterocycles. The zero-order chi connectivity index (χ0) is 18.7. The molecule has 0 radical (unpaired) electrons. The Hall–Kier alpha value is -2.44. The molecule has 1 N–H and O–H groups in total. The Morgan fingerprint density at radius 1 is 1.12 bits per heavy atom. The fourth-order valence-electron chi connectivity index (χ4n) is 2.28. The average molecular weight is 396 g/mol. The van der Waals surface area contributed by atoms with Gasteiger partial charge in [0.2, 0.25) is 6.10 Å². The highest BCUT2D eigenvalue weighted by Gasteiger charge is 2.31. The molecule has 2 aromatic rings. The first-order valence-corrected chi connectivity index (χ1v) is 8.55. The van der Waals surface area contributed by atoms with Gasteiger partial charge in [0, 0.05) is 0 Å². The first-order chi connectivity index (χ1) is 12.5. The maximum Gasteiger partial charge on any atom is 0.351 e. The molecule has 8 heteroatoms. The van der Waals surface area contributed by atoms with Crippen LogP contribution in [-0.2, 0) is 14.3 Å². The van der Waals surface area contributed by atoms with Gasteiger partial charge in [-0.1, -0.05) is 41.4 Å². The highest BCUT2D eigenvalue weighted by Crippen LogP contribution is 2.32. The minimum absolute atomic E-state index is 0.000523. The van der Waals surface area contributed by atoms with Crippen LogP contribution in [0.15, 0.2) is 42.5 Å². The molecule has 2 aromatic carbocycles. The zero-order valence-electron chi connectivity index (χ0n) is 13.7. The van der Waals surface area contributed by atoms with Crippen molar-refractivity contribution in [3.63, 3.8) is 0 Å². The minimum Gasteiger partial charge on any atom is -0.485 e. The van der Waals surface area contributed by atoms with Gasteiger partial charge in [0.25, 0.3) is 5.91 Å². The lowest BCUT2D eigenvalue weighted by molar-refractivity contribution is -0.162. The molecule has 1 aliphatic heterocycles. The predicted molar refractivity (Wildman–Crippen MR) is 97.0 cm³/mol. The number of amides is 1. The van der Waals surface area contributed by atoms with Gasteiger partial charge in [-0.15, -0.1) is 0 Å². The second-order valence-corrected chi connectivity index (χ2v) is 6.34. The van der Waals surface area contributed by atoms with Gasteiger partial charge in [-0.3, -0.25) is 4.79 Å². The summed E-state index contributed by atoms with van der Waals surface area (Å²) in [7, 11) is 0. The van der Waals surface area contributed by atoms with Crippen LogP contribution in [0.3, 0.4) is 0 Å². The van der Waals surface area contributed by atoms with Crippen LogP contribution < -0.4 is 14.8 Å². The van der Waals surface area contributed by atoms with E-state index in [0.717, 1.165) is 0 Å². The molecule has 26 heavy (non-hydrogen) atoms. The normalized spacial score (nSPS) is 16.5. The number of anilines is 1. The molecule has 0 aliphatic carbocycles. The number of carbonyl (C=O) groups excluding carboxylic acids is 2. The molecule has 1 amide bonds. The number of fused-ring (bicyclic) bond motifs is 1.